The second-order valence-electron chi connectivity index (χ2n) is 6.95. The number of carboxylic acids is 1. The van der Waals surface area contributed by atoms with E-state index in [4.69, 9.17) is 0 Å². The topological polar surface area (TPSA) is 88.6 Å². The summed E-state index contributed by atoms with van der Waals surface area (Å²) in [6.45, 7) is 3.89. The third-order valence-corrected chi connectivity index (χ3v) is 5.02. The number of imidazole rings is 1. The van der Waals surface area contributed by atoms with Crippen molar-refractivity contribution in [3.05, 3.63) is 76.0 Å². The fraction of sp³-hybridized carbons (Fsp3) is 0.190. The number of nitrogens with zero attached hydrogens (tertiary/aromatic N) is 3. The largest absolute Gasteiger partial charge is 0.478 e. The number of anilines is 1. The van der Waals surface area contributed by atoms with Gasteiger partial charge in [0.15, 0.2) is 0 Å². The molecule has 0 aliphatic heterocycles. The molecule has 7 nitrogen and oxygen atoms in total. The first-order valence-corrected chi connectivity index (χ1v) is 8.92. The molecule has 7 heteroatoms. The van der Waals surface area contributed by atoms with Crippen molar-refractivity contribution in [2.24, 2.45) is 7.05 Å². The first-order valence-electron chi connectivity index (χ1n) is 8.92. The summed E-state index contributed by atoms with van der Waals surface area (Å²) in [7, 11) is 1.73. The molecule has 0 amide bonds. The molecule has 0 aliphatic carbocycles. The van der Waals surface area contributed by atoms with Crippen molar-refractivity contribution in [2.45, 2.75) is 19.9 Å². The van der Waals surface area contributed by atoms with Crippen LogP contribution < -0.4 is 10.9 Å². The zero-order chi connectivity index (χ0) is 20.0. The molecule has 0 spiro atoms. The van der Waals surface area contributed by atoms with Crippen molar-refractivity contribution >= 4 is 28.2 Å². The number of benzene rings is 2. The first kappa shape index (κ1) is 17.8. The minimum absolute atomic E-state index is 0.0916. The maximum absolute atomic E-state index is 12.9. The highest BCUT2D eigenvalue weighted by molar-refractivity contribution is 5.94. The summed E-state index contributed by atoms with van der Waals surface area (Å²) in [5.41, 5.74) is 3.97. The molecule has 4 rings (SSSR count). The van der Waals surface area contributed by atoms with Gasteiger partial charge in [-0.25, -0.2) is 9.78 Å². The van der Waals surface area contributed by atoms with E-state index in [1.807, 2.05) is 30.4 Å². The molecule has 4 aromatic rings. The number of fused-ring (bicyclic) bond motifs is 3. The quantitative estimate of drug-likeness (QED) is 0.570. The Bertz CT molecular complexity index is 1290. The average molecular weight is 376 g/mol. The smallest absolute Gasteiger partial charge is 0.337 e. The van der Waals surface area contributed by atoms with Gasteiger partial charge in [-0.15, -0.1) is 0 Å². The molecule has 0 bridgehead atoms. The standard InChI is InChI=1S/C21H20N4O3/c1-12-8-15(13(2)23-17-7-5-4-6-14(17)21(27)28)19-16(9-12)20(26)24(3)18-10-22-11-25(18)19/h4-11,13,23H,1-3H3,(H,27,28). The predicted molar refractivity (Wildman–Crippen MR) is 108 cm³/mol. The van der Waals surface area contributed by atoms with Gasteiger partial charge in [-0.1, -0.05) is 18.2 Å². The van der Waals surface area contributed by atoms with Gasteiger partial charge in [0.1, 0.15) is 12.0 Å². The molecule has 1 atom stereocenters. The summed E-state index contributed by atoms with van der Waals surface area (Å²) in [6.07, 6.45) is 3.34. The Kier molecular flexibility index (Phi) is 4.15. The van der Waals surface area contributed by atoms with Gasteiger partial charge in [0, 0.05) is 12.7 Å². The number of aromatic carboxylic acids is 1. The van der Waals surface area contributed by atoms with Crippen LogP contribution in [0.5, 0.6) is 0 Å². The van der Waals surface area contributed by atoms with Gasteiger partial charge in [0.25, 0.3) is 5.56 Å². The second-order valence-corrected chi connectivity index (χ2v) is 6.95. The molecule has 2 aromatic carbocycles. The van der Waals surface area contributed by atoms with Crippen LogP contribution >= 0.6 is 0 Å². The molecule has 0 saturated heterocycles. The van der Waals surface area contributed by atoms with Crippen molar-refractivity contribution in [2.75, 3.05) is 5.32 Å². The summed E-state index contributed by atoms with van der Waals surface area (Å²) < 4.78 is 3.48. The molecule has 0 aliphatic rings. The van der Waals surface area contributed by atoms with Gasteiger partial charge in [-0.05, 0) is 43.2 Å². The molecule has 0 radical (unpaired) electrons. The molecular formula is C21H20N4O3. The second kappa shape index (κ2) is 6.53. The highest BCUT2D eigenvalue weighted by Gasteiger charge is 2.18. The number of hydrogen-bond acceptors (Lipinski definition) is 4. The third-order valence-electron chi connectivity index (χ3n) is 5.02. The molecule has 28 heavy (non-hydrogen) atoms. The lowest BCUT2D eigenvalue weighted by Gasteiger charge is -2.21. The van der Waals surface area contributed by atoms with Gasteiger partial charge in [-0.2, -0.15) is 0 Å². The monoisotopic (exact) mass is 376 g/mol. The SMILES string of the molecule is Cc1cc(C(C)Nc2ccccc2C(=O)O)c2c(c1)c(=O)n(C)c1cncn21. The fourth-order valence-electron chi connectivity index (χ4n) is 3.67. The van der Waals surface area contributed by atoms with Crippen LogP contribution in [0, 0.1) is 6.92 Å². The van der Waals surface area contributed by atoms with Gasteiger partial charge in [0.2, 0.25) is 0 Å². The van der Waals surface area contributed by atoms with Crippen LogP contribution in [0.2, 0.25) is 0 Å². The number of rotatable bonds is 4. The Morgan fingerprint density at radius 1 is 1.25 bits per heavy atom. The fourth-order valence-corrected chi connectivity index (χ4v) is 3.67. The molecule has 1 unspecified atom stereocenters. The minimum Gasteiger partial charge on any atom is -0.478 e. The van der Waals surface area contributed by atoms with Crippen molar-refractivity contribution in [1.29, 1.82) is 0 Å². The summed E-state index contributed by atoms with van der Waals surface area (Å²) in [5, 5.41) is 13.3. The first-order chi connectivity index (χ1) is 13.4. The summed E-state index contributed by atoms with van der Waals surface area (Å²) in [6, 6.07) is 10.4. The Hall–Kier alpha value is -3.61. The van der Waals surface area contributed by atoms with E-state index in [2.05, 4.69) is 10.3 Å². The van der Waals surface area contributed by atoms with Gasteiger partial charge in [0.05, 0.1) is 28.7 Å². The number of aryl methyl sites for hydroxylation is 2. The van der Waals surface area contributed by atoms with Crippen molar-refractivity contribution in [1.82, 2.24) is 14.0 Å². The van der Waals surface area contributed by atoms with E-state index in [-0.39, 0.29) is 17.2 Å². The van der Waals surface area contributed by atoms with Crippen molar-refractivity contribution in [3.8, 4) is 0 Å². The molecule has 142 valence electrons. The van der Waals surface area contributed by atoms with Crippen LogP contribution in [0.15, 0.2) is 53.7 Å². The zero-order valence-corrected chi connectivity index (χ0v) is 15.8. The number of carboxylic acid groups (broad SMARTS) is 1. The number of para-hydroxylation sites is 1. The number of hydrogen-bond donors (Lipinski definition) is 2. The van der Waals surface area contributed by atoms with Crippen LogP contribution in [0.3, 0.4) is 0 Å². The van der Waals surface area contributed by atoms with E-state index in [0.717, 1.165) is 16.6 Å². The summed E-state index contributed by atoms with van der Waals surface area (Å²) in [5.74, 6) is -0.990. The van der Waals surface area contributed by atoms with E-state index in [1.165, 1.54) is 0 Å². The van der Waals surface area contributed by atoms with Crippen LogP contribution in [-0.2, 0) is 7.05 Å². The minimum atomic E-state index is -0.990. The molecule has 2 heterocycles. The average Bonchev–Trinajstić information content (AvgIpc) is 3.15. The maximum atomic E-state index is 12.9. The lowest BCUT2D eigenvalue weighted by atomic mass is 10.0. The summed E-state index contributed by atoms with van der Waals surface area (Å²) in [4.78, 5) is 28.6. The van der Waals surface area contributed by atoms with Crippen LogP contribution in [0.1, 0.15) is 34.5 Å². The molecule has 0 fully saturated rings. The van der Waals surface area contributed by atoms with Crippen LogP contribution in [0.4, 0.5) is 5.69 Å². The van der Waals surface area contributed by atoms with Gasteiger partial charge < -0.3 is 10.4 Å². The van der Waals surface area contributed by atoms with E-state index in [1.54, 1.807) is 48.4 Å². The molecule has 2 aromatic heterocycles. The van der Waals surface area contributed by atoms with Gasteiger partial charge >= 0.3 is 5.97 Å². The predicted octanol–water partition coefficient (Wildman–Crippen LogP) is 3.37. The van der Waals surface area contributed by atoms with E-state index in [0.29, 0.717) is 16.7 Å². The lowest BCUT2D eigenvalue weighted by Crippen LogP contribution is -2.21. The van der Waals surface area contributed by atoms with E-state index < -0.39 is 5.97 Å². The molecule has 0 saturated carbocycles. The van der Waals surface area contributed by atoms with Crippen LogP contribution in [0.25, 0.3) is 16.6 Å². The highest BCUT2D eigenvalue weighted by atomic mass is 16.4. The highest BCUT2D eigenvalue weighted by Crippen LogP contribution is 2.29. The zero-order valence-electron chi connectivity index (χ0n) is 15.8. The number of carbonyl (C=O) groups is 1. The van der Waals surface area contributed by atoms with Crippen molar-refractivity contribution in [3.63, 3.8) is 0 Å². The Morgan fingerprint density at radius 2 is 2.00 bits per heavy atom. The Labute approximate surface area is 160 Å². The Balaban J connectivity index is 1.94. The van der Waals surface area contributed by atoms with Gasteiger partial charge in [-0.3, -0.25) is 13.8 Å². The number of nitrogens with one attached hydrogen (secondary N) is 1. The number of aromatic nitrogens is 3. The molecular weight excluding hydrogens is 356 g/mol. The third kappa shape index (κ3) is 2.72. The van der Waals surface area contributed by atoms with E-state index in [9.17, 15) is 14.7 Å². The van der Waals surface area contributed by atoms with E-state index >= 15 is 0 Å². The normalized spacial score (nSPS) is 12.4. The Morgan fingerprint density at radius 3 is 2.75 bits per heavy atom. The van der Waals surface area contributed by atoms with Crippen LogP contribution in [-0.4, -0.2) is 25.0 Å². The lowest BCUT2D eigenvalue weighted by molar-refractivity contribution is 0.0698. The summed E-state index contributed by atoms with van der Waals surface area (Å²) >= 11 is 0. The maximum Gasteiger partial charge on any atom is 0.337 e. The molecule has 2 N–H and O–H groups in total. The van der Waals surface area contributed by atoms with Crippen molar-refractivity contribution < 1.29 is 9.90 Å².